The van der Waals surface area contributed by atoms with Gasteiger partial charge in [-0.25, -0.2) is 31.9 Å². The number of rotatable bonds is 6. The van der Waals surface area contributed by atoms with E-state index in [1.165, 1.54) is 48.5 Å². The third kappa shape index (κ3) is 5.81. The molecule has 4 N–H and O–H groups in total. The molecule has 3 aromatic rings. The van der Waals surface area contributed by atoms with Gasteiger partial charge in [-0.2, -0.15) is 13.2 Å². The first kappa shape index (κ1) is 23.6. The zero-order chi connectivity index (χ0) is 23.7. The molecule has 170 valence electrons. The number of alkyl halides is 3. The van der Waals surface area contributed by atoms with E-state index in [0.717, 1.165) is 0 Å². The summed E-state index contributed by atoms with van der Waals surface area (Å²) in [5, 5.41) is 5.03. The zero-order valence-corrected chi connectivity index (χ0v) is 17.9. The number of sulfonamides is 1. The first-order valence-corrected chi connectivity index (χ1v) is 12.0. The van der Waals surface area contributed by atoms with E-state index in [1.807, 2.05) is 0 Å². The second kappa shape index (κ2) is 8.84. The molecule has 0 aliphatic carbocycles. The molecule has 0 atom stereocenters. The van der Waals surface area contributed by atoms with Crippen LogP contribution in [0.2, 0.25) is 0 Å². The van der Waals surface area contributed by atoms with Crippen molar-refractivity contribution in [2.24, 2.45) is 5.14 Å². The van der Waals surface area contributed by atoms with Gasteiger partial charge < -0.3 is 5.73 Å². The minimum absolute atomic E-state index is 0.109. The van der Waals surface area contributed by atoms with E-state index in [-0.39, 0.29) is 22.6 Å². The van der Waals surface area contributed by atoms with E-state index >= 15 is 0 Å². The number of nitrogen functional groups attached to an aromatic ring is 1. The van der Waals surface area contributed by atoms with Gasteiger partial charge in [0.15, 0.2) is 0 Å². The number of nitrogens with two attached hydrogens (primary N) is 2. The fourth-order valence-corrected chi connectivity index (χ4v) is 4.18. The Hall–Kier alpha value is -3.03. The van der Waals surface area contributed by atoms with E-state index in [9.17, 15) is 30.0 Å². The number of anilines is 1. The molecule has 0 unspecified atom stereocenters. The van der Waals surface area contributed by atoms with Crippen LogP contribution in [0.15, 0.2) is 48.5 Å². The maximum atomic E-state index is 13.3. The van der Waals surface area contributed by atoms with Gasteiger partial charge in [-0.05, 0) is 16.7 Å². The molecule has 32 heavy (non-hydrogen) atoms. The predicted molar refractivity (Wildman–Crippen MR) is 113 cm³/mol. The summed E-state index contributed by atoms with van der Waals surface area (Å²) in [6.45, 7) is 0. The number of primary sulfonamides is 1. The Balaban J connectivity index is 2.15. The number of halogens is 3. The van der Waals surface area contributed by atoms with Crippen LogP contribution in [0, 0.1) is 0 Å². The van der Waals surface area contributed by atoms with Crippen LogP contribution in [0.4, 0.5) is 19.0 Å². The first-order chi connectivity index (χ1) is 14.8. The molecule has 0 fully saturated rings. The summed E-state index contributed by atoms with van der Waals surface area (Å²) in [6.07, 6.45) is -4.85. The average Bonchev–Trinajstić information content (AvgIpc) is 2.66. The number of aromatic nitrogens is 2. The fourth-order valence-electron chi connectivity index (χ4n) is 3.02. The van der Waals surface area contributed by atoms with Gasteiger partial charge >= 0.3 is 6.18 Å². The molecule has 0 amide bonds. The molecule has 0 aliphatic rings. The van der Waals surface area contributed by atoms with Gasteiger partial charge in [-0.1, -0.05) is 48.5 Å². The van der Waals surface area contributed by atoms with Gasteiger partial charge in [0.2, 0.25) is 15.8 Å². The van der Waals surface area contributed by atoms with Crippen LogP contribution in [0.3, 0.4) is 0 Å². The van der Waals surface area contributed by atoms with Crippen LogP contribution in [0.25, 0.3) is 22.4 Å². The predicted octanol–water partition coefficient (Wildman–Crippen LogP) is 2.31. The van der Waals surface area contributed by atoms with E-state index in [2.05, 4.69) is 9.97 Å². The molecular weight excluding hydrogens is 469 g/mol. The smallest absolute Gasteiger partial charge is 0.383 e. The Morgan fingerprint density at radius 1 is 0.875 bits per heavy atom. The molecule has 0 aliphatic heterocycles. The first-order valence-electron chi connectivity index (χ1n) is 8.89. The molecule has 13 heteroatoms. The monoisotopic (exact) mass is 486 g/mol. The third-order valence-electron chi connectivity index (χ3n) is 4.34. The lowest BCUT2D eigenvalue weighted by atomic mass is 9.98. The number of nitrogens with zero attached hydrogens (tertiary/aromatic N) is 2. The van der Waals surface area contributed by atoms with Crippen LogP contribution in [-0.4, -0.2) is 26.8 Å². The minimum atomic E-state index is -4.85. The van der Waals surface area contributed by atoms with Crippen LogP contribution < -0.4 is 10.9 Å². The Bertz CT molecular complexity index is 1310. The number of thiol groups is 1. The van der Waals surface area contributed by atoms with Crippen LogP contribution in [-0.2, 0) is 38.4 Å². The summed E-state index contributed by atoms with van der Waals surface area (Å²) in [6, 6.07) is 11.7. The lowest BCUT2D eigenvalue weighted by molar-refractivity contribution is -0.144. The Kier molecular flexibility index (Phi) is 6.53. The average molecular weight is 486 g/mol. The number of hydrogen-bond acceptors (Lipinski definition) is 7. The molecular formula is C19H17F3N4O4S2. The third-order valence-corrected chi connectivity index (χ3v) is 5.70. The summed E-state index contributed by atoms with van der Waals surface area (Å²) >= 11 is 0. The quantitative estimate of drug-likeness (QED) is 0.453. The molecule has 0 saturated carbocycles. The van der Waals surface area contributed by atoms with Gasteiger partial charge in [-0.3, -0.25) is 0 Å². The van der Waals surface area contributed by atoms with Gasteiger partial charge in [0.1, 0.15) is 16.5 Å². The highest BCUT2D eigenvalue weighted by Gasteiger charge is 2.36. The lowest BCUT2D eigenvalue weighted by Crippen LogP contribution is -2.15. The maximum Gasteiger partial charge on any atom is 0.451 e. The summed E-state index contributed by atoms with van der Waals surface area (Å²) in [5.74, 6) is -2.48. The van der Waals surface area contributed by atoms with Gasteiger partial charge in [-0.15, -0.1) is 0 Å². The van der Waals surface area contributed by atoms with E-state index < -0.39 is 44.3 Å². The number of benzene rings is 2. The second-order valence-electron chi connectivity index (χ2n) is 6.85. The summed E-state index contributed by atoms with van der Waals surface area (Å²) < 4.78 is 84.2. The molecule has 0 bridgehead atoms. The zero-order valence-electron chi connectivity index (χ0n) is 16.2. The van der Waals surface area contributed by atoms with Crippen molar-refractivity contribution in [1.82, 2.24) is 9.97 Å². The molecule has 8 nitrogen and oxygen atoms in total. The Labute approximate surface area is 183 Å². The van der Waals surface area contributed by atoms with E-state index in [4.69, 9.17) is 10.9 Å². The molecule has 3 rings (SSSR count). The largest absolute Gasteiger partial charge is 0.451 e. The molecule has 0 radical (unpaired) electrons. The topological polar surface area (TPSA) is 146 Å². The molecule has 1 heterocycles. The molecule has 2 aromatic carbocycles. The highest BCUT2D eigenvalue weighted by molar-refractivity contribution is 7.88. The molecule has 1 aromatic heterocycles. The van der Waals surface area contributed by atoms with Gasteiger partial charge in [0.25, 0.3) is 0 Å². The summed E-state index contributed by atoms with van der Waals surface area (Å²) in [5.41, 5.74) is 7.33. The molecule has 0 spiro atoms. The normalized spacial score (nSPS) is 12.3. The standard InChI is InChI=1S/C19H17F3N4O4S2/c20-19(21,22)18-25-16(14-7-1-11(2-8-14)9-31(27)28)15(17(23)26-18)13-5-3-12(4-6-13)10-32(24,29)30/h1-8,31H,9-10H2,(H2,23,25,26)(H2,24,29,30). The van der Waals surface area contributed by atoms with Crippen LogP contribution in [0.1, 0.15) is 17.0 Å². The minimum Gasteiger partial charge on any atom is -0.383 e. The van der Waals surface area contributed by atoms with Crippen molar-refractivity contribution in [2.45, 2.75) is 17.7 Å². The van der Waals surface area contributed by atoms with Crippen molar-refractivity contribution >= 4 is 26.5 Å². The summed E-state index contributed by atoms with van der Waals surface area (Å²) in [4.78, 5) is 7.06. The van der Waals surface area contributed by atoms with Crippen LogP contribution >= 0.6 is 0 Å². The van der Waals surface area contributed by atoms with Crippen molar-refractivity contribution in [3.8, 4) is 22.4 Å². The van der Waals surface area contributed by atoms with Crippen molar-refractivity contribution in [3.63, 3.8) is 0 Å². The van der Waals surface area contributed by atoms with Gasteiger partial charge in [0, 0.05) is 5.56 Å². The second-order valence-corrected chi connectivity index (χ2v) is 9.44. The maximum absolute atomic E-state index is 13.3. The van der Waals surface area contributed by atoms with Crippen molar-refractivity contribution in [3.05, 3.63) is 65.5 Å². The lowest BCUT2D eigenvalue weighted by Gasteiger charge is -2.15. The van der Waals surface area contributed by atoms with Gasteiger partial charge in [0.05, 0.1) is 22.8 Å². The van der Waals surface area contributed by atoms with E-state index in [0.29, 0.717) is 16.7 Å². The SMILES string of the molecule is Nc1nc(C(F)(F)F)nc(-c2ccc(C[SH](=O)=O)cc2)c1-c1ccc(CS(N)(=O)=O)cc1. The number of hydrogen-bond donors (Lipinski definition) is 3. The Morgan fingerprint density at radius 3 is 1.91 bits per heavy atom. The highest BCUT2D eigenvalue weighted by Crippen LogP contribution is 2.38. The molecule has 0 saturated heterocycles. The fraction of sp³-hybridized carbons (Fsp3) is 0.158. The summed E-state index contributed by atoms with van der Waals surface area (Å²) in [7, 11) is -6.43. The van der Waals surface area contributed by atoms with Crippen molar-refractivity contribution in [1.29, 1.82) is 0 Å². The highest BCUT2D eigenvalue weighted by atomic mass is 32.2. The van der Waals surface area contributed by atoms with E-state index in [1.54, 1.807) is 0 Å². The van der Waals surface area contributed by atoms with Crippen molar-refractivity contribution < 1.29 is 30.0 Å². The Morgan fingerprint density at radius 2 is 1.41 bits per heavy atom. The van der Waals surface area contributed by atoms with Crippen LogP contribution in [0.5, 0.6) is 0 Å². The van der Waals surface area contributed by atoms with Crippen molar-refractivity contribution in [2.75, 3.05) is 5.73 Å².